The average molecular weight is 182 g/mol. The second-order valence-corrected chi connectivity index (χ2v) is 2.85. The van der Waals surface area contributed by atoms with Crippen LogP contribution < -0.4 is 11.0 Å². The topological polar surface area (TPSA) is 70.7 Å². The predicted octanol–water partition coefficient (Wildman–Crippen LogP) is 0.685. The standard InChI is InChI=1S/C8H14N4O/c1-3-4-5-9-7-6(2)11-12-8(13)10-7/h3-5H2,1-2H3,(H2,9,10,12,13). The summed E-state index contributed by atoms with van der Waals surface area (Å²) in [7, 11) is 0. The molecule has 0 atom stereocenters. The summed E-state index contributed by atoms with van der Waals surface area (Å²) < 4.78 is 0. The van der Waals surface area contributed by atoms with E-state index >= 15 is 0 Å². The van der Waals surface area contributed by atoms with Gasteiger partial charge in [0.1, 0.15) is 5.69 Å². The number of hydrogen-bond acceptors (Lipinski definition) is 4. The van der Waals surface area contributed by atoms with Crippen LogP contribution in [0.3, 0.4) is 0 Å². The molecule has 13 heavy (non-hydrogen) atoms. The van der Waals surface area contributed by atoms with Crippen molar-refractivity contribution < 1.29 is 0 Å². The lowest BCUT2D eigenvalue weighted by Gasteiger charge is -2.04. The van der Waals surface area contributed by atoms with Crippen molar-refractivity contribution in [3.63, 3.8) is 0 Å². The minimum absolute atomic E-state index is 0.412. The zero-order valence-corrected chi connectivity index (χ0v) is 7.92. The number of hydrogen-bond donors (Lipinski definition) is 2. The van der Waals surface area contributed by atoms with Gasteiger partial charge in [-0.25, -0.2) is 9.89 Å². The maximum atomic E-state index is 10.8. The second-order valence-electron chi connectivity index (χ2n) is 2.85. The van der Waals surface area contributed by atoms with Crippen LogP contribution in [0.25, 0.3) is 0 Å². The molecule has 2 N–H and O–H groups in total. The molecule has 0 saturated carbocycles. The van der Waals surface area contributed by atoms with E-state index in [4.69, 9.17) is 0 Å². The first-order chi connectivity index (χ1) is 6.24. The fourth-order valence-electron chi connectivity index (χ4n) is 0.943. The Morgan fingerprint density at radius 1 is 1.54 bits per heavy atom. The minimum Gasteiger partial charge on any atom is -0.368 e. The molecule has 0 fully saturated rings. The van der Waals surface area contributed by atoms with E-state index in [1.165, 1.54) is 0 Å². The van der Waals surface area contributed by atoms with Crippen molar-refractivity contribution in [1.29, 1.82) is 0 Å². The lowest BCUT2D eigenvalue weighted by Crippen LogP contribution is -2.17. The predicted molar refractivity (Wildman–Crippen MR) is 50.8 cm³/mol. The Morgan fingerprint density at radius 2 is 2.31 bits per heavy atom. The second kappa shape index (κ2) is 4.59. The van der Waals surface area contributed by atoms with Crippen LogP contribution in [0, 0.1) is 6.92 Å². The lowest BCUT2D eigenvalue weighted by molar-refractivity contribution is 0.816. The van der Waals surface area contributed by atoms with E-state index < -0.39 is 5.69 Å². The van der Waals surface area contributed by atoms with Gasteiger partial charge in [-0.2, -0.15) is 10.1 Å². The van der Waals surface area contributed by atoms with Crippen LogP contribution in [0.2, 0.25) is 0 Å². The van der Waals surface area contributed by atoms with Gasteiger partial charge in [0, 0.05) is 6.54 Å². The van der Waals surface area contributed by atoms with Crippen LogP contribution in [-0.4, -0.2) is 21.7 Å². The summed E-state index contributed by atoms with van der Waals surface area (Å²) in [5.41, 5.74) is 0.306. The summed E-state index contributed by atoms with van der Waals surface area (Å²) in [5.74, 6) is 0.581. The van der Waals surface area contributed by atoms with Gasteiger partial charge in [0.2, 0.25) is 0 Å². The highest BCUT2D eigenvalue weighted by Gasteiger charge is 2.00. The number of aromatic nitrogens is 3. The third-order valence-electron chi connectivity index (χ3n) is 1.70. The molecule has 5 nitrogen and oxygen atoms in total. The molecule has 5 heteroatoms. The van der Waals surface area contributed by atoms with Gasteiger partial charge in [0.15, 0.2) is 5.82 Å². The van der Waals surface area contributed by atoms with Crippen molar-refractivity contribution in [1.82, 2.24) is 15.2 Å². The zero-order chi connectivity index (χ0) is 9.68. The number of aryl methyl sites for hydroxylation is 1. The molecule has 1 aromatic heterocycles. The number of H-pyrrole nitrogens is 1. The van der Waals surface area contributed by atoms with Gasteiger partial charge in [0.05, 0.1) is 0 Å². The van der Waals surface area contributed by atoms with Crippen molar-refractivity contribution in [2.75, 3.05) is 11.9 Å². The molecule has 0 saturated heterocycles. The van der Waals surface area contributed by atoms with E-state index in [2.05, 4.69) is 27.4 Å². The van der Waals surface area contributed by atoms with Crippen LogP contribution in [0.4, 0.5) is 5.82 Å². The summed E-state index contributed by atoms with van der Waals surface area (Å²) in [4.78, 5) is 14.6. The van der Waals surface area contributed by atoms with Gasteiger partial charge < -0.3 is 5.32 Å². The first-order valence-electron chi connectivity index (χ1n) is 4.41. The third kappa shape index (κ3) is 2.85. The molecule has 1 heterocycles. The molecule has 0 bridgehead atoms. The highest BCUT2D eigenvalue weighted by Crippen LogP contribution is 2.02. The Kier molecular flexibility index (Phi) is 3.42. The highest BCUT2D eigenvalue weighted by molar-refractivity contribution is 5.37. The number of unbranched alkanes of at least 4 members (excludes halogenated alkanes) is 1. The molecule has 0 radical (unpaired) electrons. The Hall–Kier alpha value is -1.39. The average Bonchev–Trinajstić information content (AvgIpc) is 2.11. The largest absolute Gasteiger partial charge is 0.368 e. The summed E-state index contributed by atoms with van der Waals surface area (Å²) in [6, 6.07) is 0. The molecule has 72 valence electrons. The molecule has 0 amide bonds. The number of nitrogens with zero attached hydrogens (tertiary/aromatic N) is 2. The van der Waals surface area contributed by atoms with Gasteiger partial charge >= 0.3 is 5.69 Å². The van der Waals surface area contributed by atoms with E-state index in [1.807, 2.05) is 0 Å². The maximum Gasteiger partial charge on any atom is 0.363 e. The van der Waals surface area contributed by atoms with Crippen LogP contribution in [0.5, 0.6) is 0 Å². The summed E-state index contributed by atoms with van der Waals surface area (Å²) in [6.45, 7) is 4.74. The molecular weight excluding hydrogens is 168 g/mol. The fraction of sp³-hybridized carbons (Fsp3) is 0.625. The van der Waals surface area contributed by atoms with Crippen LogP contribution in [0.1, 0.15) is 25.5 Å². The van der Waals surface area contributed by atoms with Crippen LogP contribution in [0.15, 0.2) is 4.79 Å². The first kappa shape index (κ1) is 9.70. The molecule has 0 aliphatic carbocycles. The summed E-state index contributed by atoms with van der Waals surface area (Å²) in [6.07, 6.45) is 2.18. The van der Waals surface area contributed by atoms with Crippen LogP contribution >= 0.6 is 0 Å². The van der Waals surface area contributed by atoms with E-state index in [9.17, 15) is 4.79 Å². The summed E-state index contributed by atoms with van der Waals surface area (Å²) in [5, 5.41) is 9.13. The van der Waals surface area contributed by atoms with Gasteiger partial charge in [0.25, 0.3) is 0 Å². The van der Waals surface area contributed by atoms with Gasteiger partial charge in [-0.15, -0.1) is 0 Å². The molecule has 0 aliphatic heterocycles. The molecule has 1 rings (SSSR count). The Bertz CT molecular complexity index is 320. The third-order valence-corrected chi connectivity index (χ3v) is 1.70. The lowest BCUT2D eigenvalue weighted by atomic mass is 10.3. The number of nitrogens with one attached hydrogen (secondary N) is 2. The fourth-order valence-corrected chi connectivity index (χ4v) is 0.943. The monoisotopic (exact) mass is 182 g/mol. The van der Waals surface area contributed by atoms with E-state index in [0.717, 1.165) is 25.1 Å². The van der Waals surface area contributed by atoms with Crippen molar-refractivity contribution >= 4 is 5.82 Å². The zero-order valence-electron chi connectivity index (χ0n) is 7.92. The molecule has 0 aromatic carbocycles. The molecular formula is C8H14N4O. The smallest absolute Gasteiger partial charge is 0.363 e. The molecule has 1 aromatic rings. The number of aromatic amines is 1. The van der Waals surface area contributed by atoms with Crippen molar-refractivity contribution in [3.05, 3.63) is 16.2 Å². The molecule has 0 spiro atoms. The number of anilines is 1. The van der Waals surface area contributed by atoms with Gasteiger partial charge in [-0.3, -0.25) is 0 Å². The van der Waals surface area contributed by atoms with Crippen molar-refractivity contribution in [2.24, 2.45) is 0 Å². The normalized spacial score (nSPS) is 10.0. The van der Waals surface area contributed by atoms with Crippen LogP contribution in [-0.2, 0) is 0 Å². The van der Waals surface area contributed by atoms with Gasteiger partial charge in [-0.1, -0.05) is 13.3 Å². The molecule has 0 unspecified atom stereocenters. The van der Waals surface area contributed by atoms with E-state index in [-0.39, 0.29) is 0 Å². The minimum atomic E-state index is -0.412. The van der Waals surface area contributed by atoms with Crippen molar-refractivity contribution in [2.45, 2.75) is 26.7 Å². The SMILES string of the molecule is CCCCNc1nc(=O)[nH]nc1C. The quantitative estimate of drug-likeness (QED) is 0.672. The summed E-state index contributed by atoms with van der Waals surface area (Å²) >= 11 is 0. The highest BCUT2D eigenvalue weighted by atomic mass is 16.1. The Labute approximate surface area is 76.6 Å². The Balaban J connectivity index is 2.64. The maximum absolute atomic E-state index is 10.8. The van der Waals surface area contributed by atoms with E-state index in [1.54, 1.807) is 6.92 Å². The number of rotatable bonds is 4. The van der Waals surface area contributed by atoms with Crippen molar-refractivity contribution in [3.8, 4) is 0 Å². The Morgan fingerprint density at radius 3 is 3.00 bits per heavy atom. The van der Waals surface area contributed by atoms with E-state index in [0.29, 0.717) is 5.82 Å². The molecule has 0 aliphatic rings. The first-order valence-corrected chi connectivity index (χ1v) is 4.41. The van der Waals surface area contributed by atoms with Gasteiger partial charge in [-0.05, 0) is 13.3 Å².